The molecule has 0 radical (unpaired) electrons. The van der Waals surface area contributed by atoms with Gasteiger partial charge in [-0.05, 0) is 32.0 Å². The topological polar surface area (TPSA) is 101 Å². The summed E-state index contributed by atoms with van der Waals surface area (Å²) in [4.78, 5) is 27.4. The van der Waals surface area contributed by atoms with Gasteiger partial charge in [-0.1, -0.05) is 24.3 Å². The van der Waals surface area contributed by atoms with Gasteiger partial charge in [-0.2, -0.15) is 0 Å². The Labute approximate surface area is 169 Å². The Morgan fingerprint density at radius 1 is 1.00 bits per heavy atom. The van der Waals surface area contributed by atoms with Gasteiger partial charge in [0, 0.05) is 32.2 Å². The van der Waals surface area contributed by atoms with Gasteiger partial charge in [0.1, 0.15) is 5.69 Å². The number of carbonyl (C=O) groups is 1. The lowest BCUT2D eigenvalue weighted by molar-refractivity contribution is -0.384. The monoisotopic (exact) mass is 417 g/mol. The average molecular weight is 417 g/mol. The quantitative estimate of drug-likeness (QED) is 0.548. The SMILES string of the molecule is CC(C)S(=O)(=O)c1ccccc1C(=O)N1CCN(c2ccccc2[N+](=O)[O-])CC1. The Kier molecular flexibility index (Phi) is 5.88. The van der Waals surface area contributed by atoms with Crippen molar-refractivity contribution in [3.05, 3.63) is 64.2 Å². The predicted octanol–water partition coefficient (Wildman–Crippen LogP) is 2.74. The smallest absolute Gasteiger partial charge is 0.292 e. The predicted molar refractivity (Wildman–Crippen MR) is 110 cm³/mol. The van der Waals surface area contributed by atoms with Crippen molar-refractivity contribution in [3.63, 3.8) is 0 Å². The van der Waals surface area contributed by atoms with Crippen LogP contribution in [0.4, 0.5) is 11.4 Å². The number of sulfone groups is 1. The standard InChI is InChI=1S/C20H23N3O5S/c1-15(2)29(27,28)19-10-6-3-7-16(19)20(24)22-13-11-21(12-14-22)17-8-4-5-9-18(17)23(25)26/h3-10,15H,11-14H2,1-2H3. The molecule has 1 aliphatic rings. The van der Waals surface area contributed by atoms with Crippen LogP contribution in [0.15, 0.2) is 53.4 Å². The van der Waals surface area contributed by atoms with Crippen molar-refractivity contribution in [2.24, 2.45) is 0 Å². The minimum absolute atomic E-state index is 0.0284. The number of piperazine rings is 1. The van der Waals surface area contributed by atoms with E-state index in [9.17, 15) is 23.3 Å². The Balaban J connectivity index is 1.80. The average Bonchev–Trinajstić information content (AvgIpc) is 2.73. The van der Waals surface area contributed by atoms with E-state index in [4.69, 9.17) is 0 Å². The van der Waals surface area contributed by atoms with Gasteiger partial charge in [-0.25, -0.2) is 8.42 Å². The molecule has 0 saturated carbocycles. The second kappa shape index (κ2) is 8.20. The number of anilines is 1. The normalized spacial score (nSPS) is 14.9. The Hall–Kier alpha value is -2.94. The molecule has 2 aromatic rings. The molecule has 154 valence electrons. The largest absolute Gasteiger partial charge is 0.362 e. The second-order valence-electron chi connectivity index (χ2n) is 7.11. The molecule has 0 bridgehead atoms. The fourth-order valence-electron chi connectivity index (χ4n) is 3.35. The van der Waals surface area contributed by atoms with Gasteiger partial charge in [0.25, 0.3) is 11.6 Å². The number of para-hydroxylation sites is 2. The number of nitrogens with zero attached hydrogens (tertiary/aromatic N) is 3. The van der Waals surface area contributed by atoms with Gasteiger partial charge in [-0.15, -0.1) is 0 Å². The first kappa shape index (κ1) is 20.8. The van der Waals surface area contributed by atoms with Crippen LogP contribution in [-0.2, 0) is 9.84 Å². The van der Waals surface area contributed by atoms with Crippen molar-refractivity contribution in [3.8, 4) is 0 Å². The van der Waals surface area contributed by atoms with Crippen LogP contribution in [0.5, 0.6) is 0 Å². The van der Waals surface area contributed by atoms with Crippen molar-refractivity contribution in [1.29, 1.82) is 0 Å². The van der Waals surface area contributed by atoms with Gasteiger partial charge < -0.3 is 9.80 Å². The summed E-state index contributed by atoms with van der Waals surface area (Å²) in [5.74, 6) is -0.341. The third-order valence-corrected chi connectivity index (χ3v) is 7.24. The molecule has 0 aromatic heterocycles. The van der Waals surface area contributed by atoms with E-state index < -0.39 is 20.0 Å². The van der Waals surface area contributed by atoms with Crippen LogP contribution in [-0.4, -0.2) is 55.6 Å². The highest BCUT2D eigenvalue weighted by Gasteiger charge is 2.30. The van der Waals surface area contributed by atoms with E-state index in [1.165, 1.54) is 18.2 Å². The molecule has 2 aromatic carbocycles. The van der Waals surface area contributed by atoms with Crippen LogP contribution >= 0.6 is 0 Å². The summed E-state index contributed by atoms with van der Waals surface area (Å²) < 4.78 is 25.3. The summed E-state index contributed by atoms with van der Waals surface area (Å²) in [6.07, 6.45) is 0. The molecule has 1 saturated heterocycles. The molecule has 1 heterocycles. The lowest BCUT2D eigenvalue weighted by Crippen LogP contribution is -2.49. The molecule has 29 heavy (non-hydrogen) atoms. The summed E-state index contributed by atoms with van der Waals surface area (Å²) in [6.45, 7) is 4.72. The van der Waals surface area contributed by atoms with Crippen LogP contribution in [0.2, 0.25) is 0 Å². The van der Waals surface area contributed by atoms with Gasteiger partial charge in [0.2, 0.25) is 0 Å². The number of benzene rings is 2. The molecule has 0 atom stereocenters. The molecular weight excluding hydrogens is 394 g/mol. The van der Waals surface area contributed by atoms with Crippen molar-refractivity contribution < 1.29 is 18.1 Å². The lowest BCUT2D eigenvalue weighted by atomic mass is 10.1. The molecule has 1 amide bonds. The number of rotatable bonds is 5. The molecule has 0 N–H and O–H groups in total. The van der Waals surface area contributed by atoms with Crippen LogP contribution in [0.3, 0.4) is 0 Å². The zero-order valence-corrected chi connectivity index (χ0v) is 17.1. The first-order valence-electron chi connectivity index (χ1n) is 9.34. The summed E-state index contributed by atoms with van der Waals surface area (Å²) in [7, 11) is -3.59. The third-order valence-electron chi connectivity index (χ3n) is 5.03. The van der Waals surface area contributed by atoms with Crippen LogP contribution in [0.1, 0.15) is 24.2 Å². The first-order valence-corrected chi connectivity index (χ1v) is 10.9. The molecule has 0 spiro atoms. The summed E-state index contributed by atoms with van der Waals surface area (Å²) in [5, 5.41) is 10.6. The summed E-state index contributed by atoms with van der Waals surface area (Å²) >= 11 is 0. The number of amides is 1. The van der Waals surface area contributed by atoms with E-state index in [1.54, 1.807) is 49.1 Å². The van der Waals surface area contributed by atoms with Crippen molar-refractivity contribution in [2.45, 2.75) is 24.0 Å². The Bertz CT molecular complexity index is 1030. The Morgan fingerprint density at radius 2 is 1.59 bits per heavy atom. The highest BCUT2D eigenvalue weighted by molar-refractivity contribution is 7.92. The van der Waals surface area contributed by atoms with E-state index in [0.717, 1.165) is 0 Å². The minimum Gasteiger partial charge on any atom is -0.362 e. The maximum Gasteiger partial charge on any atom is 0.292 e. The van der Waals surface area contributed by atoms with Crippen molar-refractivity contribution in [1.82, 2.24) is 4.90 Å². The highest BCUT2D eigenvalue weighted by Crippen LogP contribution is 2.29. The van der Waals surface area contributed by atoms with Crippen LogP contribution in [0, 0.1) is 10.1 Å². The molecule has 0 unspecified atom stereocenters. The fraction of sp³-hybridized carbons (Fsp3) is 0.350. The van der Waals surface area contributed by atoms with E-state index in [2.05, 4.69) is 0 Å². The number of nitro benzene ring substituents is 1. The molecular formula is C20H23N3O5S. The van der Waals surface area contributed by atoms with Crippen LogP contribution in [0.25, 0.3) is 0 Å². The van der Waals surface area contributed by atoms with Gasteiger partial charge in [0.15, 0.2) is 9.84 Å². The summed E-state index contributed by atoms with van der Waals surface area (Å²) in [5.41, 5.74) is 0.716. The molecule has 8 nitrogen and oxygen atoms in total. The Morgan fingerprint density at radius 3 is 2.21 bits per heavy atom. The van der Waals surface area contributed by atoms with E-state index in [0.29, 0.717) is 31.9 Å². The van der Waals surface area contributed by atoms with Crippen LogP contribution < -0.4 is 4.90 Å². The molecule has 1 fully saturated rings. The number of nitro groups is 1. The highest BCUT2D eigenvalue weighted by atomic mass is 32.2. The van der Waals surface area contributed by atoms with Crippen molar-refractivity contribution >= 4 is 27.1 Å². The first-order chi connectivity index (χ1) is 13.7. The molecule has 3 rings (SSSR count). The summed E-state index contributed by atoms with van der Waals surface area (Å²) in [6, 6.07) is 12.8. The molecule has 0 aliphatic carbocycles. The fourth-order valence-corrected chi connectivity index (χ4v) is 4.59. The van der Waals surface area contributed by atoms with Gasteiger partial charge >= 0.3 is 0 Å². The maximum absolute atomic E-state index is 13.0. The second-order valence-corrected chi connectivity index (χ2v) is 9.59. The van der Waals surface area contributed by atoms with E-state index >= 15 is 0 Å². The zero-order chi connectivity index (χ0) is 21.2. The van der Waals surface area contributed by atoms with Gasteiger partial charge in [-0.3, -0.25) is 14.9 Å². The minimum atomic E-state index is -3.59. The number of hydrogen-bond acceptors (Lipinski definition) is 6. The zero-order valence-electron chi connectivity index (χ0n) is 16.3. The number of carbonyl (C=O) groups excluding carboxylic acids is 1. The van der Waals surface area contributed by atoms with E-state index in [-0.39, 0.29) is 22.1 Å². The van der Waals surface area contributed by atoms with E-state index in [1.807, 2.05) is 4.90 Å². The molecule has 9 heteroatoms. The van der Waals surface area contributed by atoms with Gasteiger partial charge in [0.05, 0.1) is 20.6 Å². The third kappa shape index (κ3) is 4.09. The molecule has 1 aliphatic heterocycles. The van der Waals surface area contributed by atoms with Crippen molar-refractivity contribution in [2.75, 3.05) is 31.1 Å². The number of hydrogen-bond donors (Lipinski definition) is 0. The lowest BCUT2D eigenvalue weighted by Gasteiger charge is -2.36. The maximum atomic E-state index is 13.0.